The van der Waals surface area contributed by atoms with Crippen LogP contribution < -0.4 is 14.8 Å². The monoisotopic (exact) mass is 397 g/mol. The van der Waals surface area contributed by atoms with Crippen LogP contribution in [-0.4, -0.2) is 42.5 Å². The van der Waals surface area contributed by atoms with E-state index in [1.807, 2.05) is 18.2 Å². The second kappa shape index (κ2) is 7.98. The van der Waals surface area contributed by atoms with Crippen LogP contribution in [0.15, 0.2) is 36.4 Å². The number of nitro groups is 1. The van der Waals surface area contributed by atoms with Gasteiger partial charge in [-0.3, -0.25) is 14.9 Å². The average Bonchev–Trinajstić information content (AvgIpc) is 3.11. The number of nitrogens with zero attached hydrogens (tertiary/aromatic N) is 2. The molecule has 1 amide bonds. The molecule has 152 valence electrons. The summed E-state index contributed by atoms with van der Waals surface area (Å²) in [5.74, 6) is 1.22. The van der Waals surface area contributed by atoms with E-state index in [9.17, 15) is 14.9 Å². The molecule has 2 aliphatic rings. The highest BCUT2D eigenvalue weighted by Crippen LogP contribution is 2.39. The van der Waals surface area contributed by atoms with Crippen LogP contribution in [-0.2, 0) is 0 Å². The maximum atomic E-state index is 13.2. The lowest BCUT2D eigenvalue weighted by Gasteiger charge is -2.26. The number of nitro benzene ring substituents is 1. The fourth-order valence-electron chi connectivity index (χ4n) is 3.94. The number of anilines is 1. The van der Waals surface area contributed by atoms with Crippen LogP contribution in [0.2, 0.25) is 0 Å². The lowest BCUT2D eigenvalue weighted by atomic mass is 10.0. The van der Waals surface area contributed by atoms with Gasteiger partial charge in [0, 0.05) is 31.6 Å². The molecule has 0 aliphatic carbocycles. The van der Waals surface area contributed by atoms with Crippen LogP contribution in [0, 0.1) is 10.1 Å². The van der Waals surface area contributed by atoms with Gasteiger partial charge in [0.05, 0.1) is 24.2 Å². The SMILES string of the molecule is CNc1ccc(C(=O)N2CCCC2c2ccc3c(c2)OCCCO3)cc1[N+](=O)[O-]. The van der Waals surface area contributed by atoms with Crippen molar-refractivity contribution in [3.8, 4) is 11.5 Å². The Labute approximate surface area is 168 Å². The first-order valence-electron chi connectivity index (χ1n) is 9.75. The molecule has 8 heteroatoms. The molecule has 1 fully saturated rings. The van der Waals surface area contributed by atoms with Crippen molar-refractivity contribution in [3.63, 3.8) is 0 Å². The summed E-state index contributed by atoms with van der Waals surface area (Å²) in [5.41, 5.74) is 1.58. The van der Waals surface area contributed by atoms with Gasteiger partial charge in [0.25, 0.3) is 11.6 Å². The fraction of sp³-hybridized carbons (Fsp3) is 0.381. The van der Waals surface area contributed by atoms with E-state index >= 15 is 0 Å². The second-order valence-electron chi connectivity index (χ2n) is 7.15. The zero-order chi connectivity index (χ0) is 20.4. The van der Waals surface area contributed by atoms with E-state index in [0.29, 0.717) is 36.8 Å². The van der Waals surface area contributed by atoms with Crippen LogP contribution >= 0.6 is 0 Å². The molecule has 1 saturated heterocycles. The minimum absolute atomic E-state index is 0.0947. The Morgan fingerprint density at radius 2 is 1.93 bits per heavy atom. The van der Waals surface area contributed by atoms with Crippen LogP contribution in [0.3, 0.4) is 0 Å². The Balaban J connectivity index is 1.62. The molecule has 1 N–H and O–H groups in total. The number of likely N-dealkylation sites (tertiary alicyclic amines) is 1. The number of hydrogen-bond acceptors (Lipinski definition) is 6. The maximum Gasteiger partial charge on any atom is 0.293 e. The molecule has 1 unspecified atom stereocenters. The number of carbonyl (C=O) groups excluding carboxylic acids is 1. The van der Waals surface area contributed by atoms with Crippen molar-refractivity contribution in [2.45, 2.75) is 25.3 Å². The first kappa shape index (κ1) is 19.0. The summed E-state index contributed by atoms with van der Waals surface area (Å²) in [5, 5.41) is 14.1. The number of amides is 1. The summed E-state index contributed by atoms with van der Waals surface area (Å²) in [4.78, 5) is 25.8. The normalized spacial score (nSPS) is 18.2. The quantitative estimate of drug-likeness (QED) is 0.623. The molecule has 2 aromatic rings. The summed E-state index contributed by atoms with van der Waals surface area (Å²) < 4.78 is 11.5. The highest BCUT2D eigenvalue weighted by Gasteiger charge is 2.32. The van der Waals surface area contributed by atoms with Gasteiger partial charge in [-0.2, -0.15) is 0 Å². The van der Waals surface area contributed by atoms with Gasteiger partial charge in [-0.25, -0.2) is 0 Å². The Kier molecular flexibility index (Phi) is 5.24. The first-order valence-corrected chi connectivity index (χ1v) is 9.75. The fourth-order valence-corrected chi connectivity index (χ4v) is 3.94. The number of carbonyl (C=O) groups is 1. The third kappa shape index (κ3) is 3.70. The van der Waals surface area contributed by atoms with Gasteiger partial charge < -0.3 is 19.7 Å². The van der Waals surface area contributed by atoms with Gasteiger partial charge in [0.1, 0.15) is 5.69 Å². The minimum Gasteiger partial charge on any atom is -0.490 e. The molecule has 0 aromatic heterocycles. The molecular weight excluding hydrogens is 374 g/mol. The molecule has 2 aromatic carbocycles. The summed E-state index contributed by atoms with van der Waals surface area (Å²) in [6.45, 7) is 1.84. The highest BCUT2D eigenvalue weighted by atomic mass is 16.6. The van der Waals surface area contributed by atoms with Gasteiger partial charge in [0.15, 0.2) is 11.5 Å². The third-order valence-electron chi connectivity index (χ3n) is 5.38. The molecular formula is C21H23N3O5. The number of benzene rings is 2. The van der Waals surface area contributed by atoms with Crippen molar-refractivity contribution in [2.24, 2.45) is 0 Å². The molecule has 29 heavy (non-hydrogen) atoms. The lowest BCUT2D eigenvalue weighted by Crippen LogP contribution is -2.30. The van der Waals surface area contributed by atoms with Crippen LogP contribution in [0.25, 0.3) is 0 Å². The van der Waals surface area contributed by atoms with E-state index in [4.69, 9.17) is 9.47 Å². The predicted octanol–water partition coefficient (Wildman–Crippen LogP) is 3.78. The predicted molar refractivity (Wildman–Crippen MR) is 108 cm³/mol. The van der Waals surface area contributed by atoms with Crippen molar-refractivity contribution in [3.05, 3.63) is 57.6 Å². The maximum absolute atomic E-state index is 13.2. The van der Waals surface area contributed by atoms with Gasteiger partial charge >= 0.3 is 0 Å². The molecule has 0 spiro atoms. The molecule has 0 bridgehead atoms. The number of hydrogen-bond donors (Lipinski definition) is 1. The molecule has 0 radical (unpaired) electrons. The average molecular weight is 397 g/mol. The highest BCUT2D eigenvalue weighted by molar-refractivity contribution is 5.96. The Morgan fingerprint density at radius 3 is 2.69 bits per heavy atom. The minimum atomic E-state index is -0.478. The van der Waals surface area contributed by atoms with Crippen LogP contribution in [0.4, 0.5) is 11.4 Å². The van der Waals surface area contributed by atoms with Crippen molar-refractivity contribution >= 4 is 17.3 Å². The van der Waals surface area contributed by atoms with E-state index in [2.05, 4.69) is 5.32 Å². The standard InChI is InChI=1S/C21H23N3O5/c1-22-16-7-5-15(12-18(16)24(26)27)21(25)23-9-2-4-17(23)14-6-8-19-20(13-14)29-11-3-10-28-19/h5-8,12-13,17,22H,2-4,9-11H2,1H3. The zero-order valence-electron chi connectivity index (χ0n) is 16.2. The Hall–Kier alpha value is -3.29. The number of ether oxygens (including phenoxy) is 2. The first-order chi connectivity index (χ1) is 14.1. The summed E-state index contributed by atoms with van der Waals surface area (Å²) in [6.07, 6.45) is 2.54. The Bertz CT molecular complexity index is 946. The molecule has 0 saturated carbocycles. The lowest BCUT2D eigenvalue weighted by molar-refractivity contribution is -0.384. The smallest absolute Gasteiger partial charge is 0.293 e. The molecule has 4 rings (SSSR count). The number of nitrogens with one attached hydrogen (secondary N) is 1. The topological polar surface area (TPSA) is 93.9 Å². The Morgan fingerprint density at radius 1 is 1.14 bits per heavy atom. The molecule has 2 aliphatic heterocycles. The largest absolute Gasteiger partial charge is 0.490 e. The van der Waals surface area contributed by atoms with Crippen molar-refractivity contribution in [1.29, 1.82) is 0 Å². The van der Waals surface area contributed by atoms with E-state index in [1.54, 1.807) is 24.1 Å². The van der Waals surface area contributed by atoms with Crippen LogP contribution in [0.1, 0.15) is 41.2 Å². The van der Waals surface area contributed by atoms with Crippen molar-refractivity contribution in [1.82, 2.24) is 4.90 Å². The second-order valence-corrected chi connectivity index (χ2v) is 7.15. The number of rotatable bonds is 4. The van der Waals surface area contributed by atoms with Gasteiger partial charge in [-0.05, 0) is 42.7 Å². The molecule has 2 heterocycles. The third-order valence-corrected chi connectivity index (χ3v) is 5.38. The summed E-state index contributed by atoms with van der Waals surface area (Å²) in [6, 6.07) is 10.3. The zero-order valence-corrected chi connectivity index (χ0v) is 16.2. The van der Waals surface area contributed by atoms with Gasteiger partial charge in [-0.1, -0.05) is 6.07 Å². The van der Waals surface area contributed by atoms with Crippen molar-refractivity contribution in [2.75, 3.05) is 32.1 Å². The van der Waals surface area contributed by atoms with Gasteiger partial charge in [0.2, 0.25) is 0 Å². The van der Waals surface area contributed by atoms with Crippen molar-refractivity contribution < 1.29 is 19.2 Å². The summed E-state index contributed by atoms with van der Waals surface area (Å²) in [7, 11) is 1.62. The van der Waals surface area contributed by atoms with Gasteiger partial charge in [-0.15, -0.1) is 0 Å². The summed E-state index contributed by atoms with van der Waals surface area (Å²) >= 11 is 0. The van der Waals surface area contributed by atoms with E-state index in [-0.39, 0.29) is 17.6 Å². The molecule has 8 nitrogen and oxygen atoms in total. The van der Waals surface area contributed by atoms with E-state index < -0.39 is 4.92 Å². The van der Waals surface area contributed by atoms with E-state index in [0.717, 1.165) is 30.6 Å². The van der Waals surface area contributed by atoms with Crippen LogP contribution in [0.5, 0.6) is 11.5 Å². The number of fused-ring (bicyclic) bond motifs is 1. The molecule has 1 atom stereocenters. The van der Waals surface area contributed by atoms with E-state index in [1.165, 1.54) is 6.07 Å².